The molecule has 0 fully saturated rings. The van der Waals surface area contributed by atoms with Gasteiger partial charge in [-0.05, 0) is 11.6 Å². The van der Waals surface area contributed by atoms with Crippen LogP contribution < -0.4 is 5.69 Å². The van der Waals surface area contributed by atoms with E-state index in [1.165, 1.54) is 35.2 Å². The second-order valence-electron chi connectivity index (χ2n) is 3.55. The van der Waals surface area contributed by atoms with Gasteiger partial charge in [0, 0.05) is 12.4 Å². The van der Waals surface area contributed by atoms with Crippen LogP contribution in [0.3, 0.4) is 0 Å². The molecule has 17 heavy (non-hydrogen) atoms. The molecular formula is C11H9F3N2O. The maximum absolute atomic E-state index is 12.7. The molecule has 2 aromatic rings. The average molecular weight is 242 g/mol. The van der Waals surface area contributed by atoms with Gasteiger partial charge in [-0.15, -0.1) is 0 Å². The minimum absolute atomic E-state index is 0.0710. The Morgan fingerprint density at radius 2 is 1.94 bits per heavy atom. The van der Waals surface area contributed by atoms with Crippen molar-refractivity contribution in [2.45, 2.75) is 12.7 Å². The second kappa shape index (κ2) is 4.12. The zero-order valence-corrected chi connectivity index (χ0v) is 8.66. The summed E-state index contributed by atoms with van der Waals surface area (Å²) in [5, 5.41) is 0. The zero-order chi connectivity index (χ0) is 12.5. The van der Waals surface area contributed by atoms with Crippen LogP contribution in [0.25, 0.3) is 0 Å². The fourth-order valence-electron chi connectivity index (χ4n) is 1.59. The van der Waals surface area contributed by atoms with E-state index in [0.717, 1.165) is 6.07 Å². The van der Waals surface area contributed by atoms with E-state index in [2.05, 4.69) is 4.98 Å². The predicted octanol–water partition coefficient (Wildman–Crippen LogP) is 2.24. The number of nitrogens with one attached hydrogen (secondary N) is 1. The normalized spacial score (nSPS) is 11.7. The van der Waals surface area contributed by atoms with Crippen LogP contribution in [0.4, 0.5) is 13.2 Å². The summed E-state index contributed by atoms with van der Waals surface area (Å²) in [5.74, 6) is 0. The number of hydrogen-bond acceptors (Lipinski definition) is 1. The summed E-state index contributed by atoms with van der Waals surface area (Å²) in [7, 11) is 0. The van der Waals surface area contributed by atoms with Gasteiger partial charge in [-0.1, -0.05) is 18.2 Å². The van der Waals surface area contributed by atoms with Gasteiger partial charge in [0.05, 0.1) is 12.1 Å². The van der Waals surface area contributed by atoms with Crippen LogP contribution in [-0.2, 0) is 12.7 Å². The number of rotatable bonds is 2. The Bertz CT molecular complexity index is 568. The third-order valence-electron chi connectivity index (χ3n) is 2.39. The first-order valence-electron chi connectivity index (χ1n) is 4.87. The molecule has 0 saturated carbocycles. The third kappa shape index (κ3) is 2.41. The van der Waals surface area contributed by atoms with E-state index in [0.29, 0.717) is 0 Å². The summed E-state index contributed by atoms with van der Waals surface area (Å²) < 4.78 is 39.2. The Labute approximate surface area is 94.5 Å². The van der Waals surface area contributed by atoms with Gasteiger partial charge in [0.25, 0.3) is 0 Å². The van der Waals surface area contributed by atoms with Crippen molar-refractivity contribution >= 4 is 0 Å². The van der Waals surface area contributed by atoms with Gasteiger partial charge in [-0.25, -0.2) is 4.79 Å². The van der Waals surface area contributed by atoms with Crippen LogP contribution in [-0.4, -0.2) is 9.55 Å². The molecule has 0 aliphatic rings. The monoisotopic (exact) mass is 242 g/mol. The molecule has 90 valence electrons. The van der Waals surface area contributed by atoms with E-state index in [1.807, 2.05) is 0 Å². The highest BCUT2D eigenvalue weighted by atomic mass is 19.4. The summed E-state index contributed by atoms with van der Waals surface area (Å²) in [6.07, 6.45) is -1.61. The number of imidazole rings is 1. The molecule has 0 aliphatic heterocycles. The molecule has 0 amide bonds. The first-order valence-corrected chi connectivity index (χ1v) is 4.87. The van der Waals surface area contributed by atoms with Gasteiger partial charge in [-0.2, -0.15) is 13.2 Å². The van der Waals surface area contributed by atoms with Crippen LogP contribution in [0.2, 0.25) is 0 Å². The van der Waals surface area contributed by atoms with E-state index < -0.39 is 17.4 Å². The van der Waals surface area contributed by atoms with Crippen molar-refractivity contribution in [2.75, 3.05) is 0 Å². The van der Waals surface area contributed by atoms with E-state index in [4.69, 9.17) is 0 Å². The van der Waals surface area contributed by atoms with Crippen LogP contribution in [0.15, 0.2) is 41.5 Å². The van der Waals surface area contributed by atoms with Crippen LogP contribution in [0.5, 0.6) is 0 Å². The Morgan fingerprint density at radius 1 is 1.24 bits per heavy atom. The molecule has 6 heteroatoms. The Balaban J connectivity index is 2.40. The van der Waals surface area contributed by atoms with Gasteiger partial charge >= 0.3 is 11.9 Å². The summed E-state index contributed by atoms with van der Waals surface area (Å²) in [5.41, 5.74) is -1.07. The van der Waals surface area contributed by atoms with Crippen molar-refractivity contribution < 1.29 is 13.2 Å². The second-order valence-corrected chi connectivity index (χ2v) is 3.55. The first kappa shape index (κ1) is 11.5. The van der Waals surface area contributed by atoms with Gasteiger partial charge < -0.3 is 4.98 Å². The predicted molar refractivity (Wildman–Crippen MR) is 55.6 cm³/mol. The molecule has 0 spiro atoms. The van der Waals surface area contributed by atoms with Crippen LogP contribution in [0, 0.1) is 0 Å². The van der Waals surface area contributed by atoms with Crippen LogP contribution in [0.1, 0.15) is 11.1 Å². The molecule has 1 heterocycles. The maximum atomic E-state index is 12.7. The fraction of sp³-hybridized carbons (Fsp3) is 0.182. The molecule has 0 saturated heterocycles. The molecule has 1 aromatic carbocycles. The lowest BCUT2D eigenvalue weighted by Gasteiger charge is -2.12. The molecule has 0 bridgehead atoms. The SMILES string of the molecule is O=c1[nH]ccn1Cc1ccccc1C(F)(F)F. The number of benzene rings is 1. The summed E-state index contributed by atoms with van der Waals surface area (Å²) in [6.45, 7) is -0.0992. The third-order valence-corrected chi connectivity index (χ3v) is 2.39. The van der Waals surface area contributed by atoms with Gasteiger partial charge in [0.15, 0.2) is 0 Å². The maximum Gasteiger partial charge on any atom is 0.416 e. The number of hydrogen-bond donors (Lipinski definition) is 1. The van der Waals surface area contributed by atoms with E-state index in [1.54, 1.807) is 0 Å². The Hall–Kier alpha value is -1.98. The van der Waals surface area contributed by atoms with Crippen molar-refractivity contribution in [1.82, 2.24) is 9.55 Å². The van der Waals surface area contributed by atoms with Crippen molar-refractivity contribution in [3.63, 3.8) is 0 Å². The van der Waals surface area contributed by atoms with Gasteiger partial charge in [-0.3, -0.25) is 4.57 Å². The molecular weight excluding hydrogens is 233 g/mol. The fourth-order valence-corrected chi connectivity index (χ4v) is 1.59. The van der Waals surface area contributed by atoms with E-state index >= 15 is 0 Å². The largest absolute Gasteiger partial charge is 0.416 e. The number of aromatic amines is 1. The number of halogens is 3. The molecule has 0 aliphatic carbocycles. The Kier molecular flexibility index (Phi) is 2.79. The highest BCUT2D eigenvalue weighted by Gasteiger charge is 2.32. The standard InChI is InChI=1S/C11H9F3N2O/c12-11(13,14)9-4-2-1-3-8(9)7-16-6-5-15-10(16)17/h1-6H,7H2,(H,15,17). The lowest BCUT2D eigenvalue weighted by molar-refractivity contribution is -0.138. The topological polar surface area (TPSA) is 37.8 Å². The molecule has 0 atom stereocenters. The minimum atomic E-state index is -4.41. The summed E-state index contributed by atoms with van der Waals surface area (Å²) in [6, 6.07) is 5.21. The molecule has 1 N–H and O–H groups in total. The van der Waals surface area contributed by atoms with E-state index in [9.17, 15) is 18.0 Å². The summed E-state index contributed by atoms with van der Waals surface area (Å²) in [4.78, 5) is 13.6. The number of aromatic nitrogens is 2. The molecule has 0 unspecified atom stereocenters. The smallest absolute Gasteiger partial charge is 0.313 e. The first-order chi connectivity index (χ1) is 7.98. The molecule has 1 aromatic heterocycles. The zero-order valence-electron chi connectivity index (χ0n) is 8.66. The average Bonchev–Trinajstić information content (AvgIpc) is 2.64. The highest BCUT2D eigenvalue weighted by molar-refractivity contribution is 5.29. The van der Waals surface area contributed by atoms with Crippen molar-refractivity contribution in [3.05, 3.63) is 58.3 Å². The minimum Gasteiger partial charge on any atom is -0.313 e. The van der Waals surface area contributed by atoms with Gasteiger partial charge in [0.2, 0.25) is 0 Å². The highest BCUT2D eigenvalue weighted by Crippen LogP contribution is 2.31. The number of alkyl halides is 3. The number of H-pyrrole nitrogens is 1. The quantitative estimate of drug-likeness (QED) is 0.861. The van der Waals surface area contributed by atoms with Crippen molar-refractivity contribution in [3.8, 4) is 0 Å². The van der Waals surface area contributed by atoms with Gasteiger partial charge in [0.1, 0.15) is 0 Å². The molecule has 2 rings (SSSR count). The Morgan fingerprint density at radius 3 is 2.53 bits per heavy atom. The van der Waals surface area contributed by atoms with Crippen molar-refractivity contribution in [1.29, 1.82) is 0 Å². The van der Waals surface area contributed by atoms with Crippen LogP contribution >= 0.6 is 0 Å². The van der Waals surface area contributed by atoms with E-state index in [-0.39, 0.29) is 12.1 Å². The summed E-state index contributed by atoms with van der Waals surface area (Å²) >= 11 is 0. The van der Waals surface area contributed by atoms with Crippen molar-refractivity contribution in [2.24, 2.45) is 0 Å². The lowest BCUT2D eigenvalue weighted by Crippen LogP contribution is -2.19. The molecule has 0 radical (unpaired) electrons. The lowest BCUT2D eigenvalue weighted by atomic mass is 10.1. The number of nitrogens with zero attached hydrogens (tertiary/aromatic N) is 1. The molecule has 3 nitrogen and oxygen atoms in total.